The van der Waals surface area contributed by atoms with Crippen LogP contribution < -0.4 is 4.72 Å². The molecule has 1 aromatic heterocycles. The lowest BCUT2D eigenvalue weighted by atomic mass is 10.2. The minimum atomic E-state index is -3.93. The van der Waals surface area contributed by atoms with Crippen LogP contribution in [0, 0.1) is 0 Å². The molecule has 0 aliphatic heterocycles. The number of nitrogens with zero attached hydrogens (tertiary/aromatic N) is 3. The van der Waals surface area contributed by atoms with Crippen LogP contribution in [0.1, 0.15) is 5.56 Å². The molecule has 1 heterocycles. The highest BCUT2D eigenvalue weighted by Crippen LogP contribution is 2.12. The average Bonchev–Trinajstić information content (AvgIpc) is 2.98. The number of aromatic nitrogens is 2. The monoisotopic (exact) mass is 378 g/mol. The van der Waals surface area contributed by atoms with Gasteiger partial charge in [0, 0.05) is 25.7 Å². The van der Waals surface area contributed by atoms with Crippen LogP contribution in [0.15, 0.2) is 41.8 Å². The molecule has 0 saturated carbocycles. The second kappa shape index (κ2) is 6.57. The molecule has 8 nitrogen and oxygen atoms in total. The van der Waals surface area contributed by atoms with Gasteiger partial charge in [0.15, 0.2) is 5.03 Å². The van der Waals surface area contributed by atoms with E-state index in [1.807, 2.05) is 0 Å². The Balaban J connectivity index is 2.17. The molecule has 0 radical (unpaired) electrons. The number of hydrogen-bond acceptors (Lipinski definition) is 5. The van der Waals surface area contributed by atoms with Crippen LogP contribution in [-0.2, 0) is 26.8 Å². The van der Waals surface area contributed by atoms with E-state index in [4.69, 9.17) is 11.6 Å². The highest BCUT2D eigenvalue weighted by atomic mass is 35.5. The van der Waals surface area contributed by atoms with Gasteiger partial charge in [-0.1, -0.05) is 23.7 Å². The Morgan fingerprint density at radius 1 is 1.17 bits per heavy atom. The zero-order valence-electron chi connectivity index (χ0n) is 12.3. The van der Waals surface area contributed by atoms with Gasteiger partial charge in [-0.15, -0.1) is 0 Å². The summed E-state index contributed by atoms with van der Waals surface area (Å²) in [4.78, 5) is 3.65. The van der Waals surface area contributed by atoms with Crippen LogP contribution in [0.2, 0.25) is 5.02 Å². The third-order valence-electron chi connectivity index (χ3n) is 2.92. The molecule has 0 saturated heterocycles. The van der Waals surface area contributed by atoms with Gasteiger partial charge in [0.1, 0.15) is 6.33 Å². The lowest BCUT2D eigenvalue weighted by Gasteiger charge is -2.10. The summed E-state index contributed by atoms with van der Waals surface area (Å²) in [6.07, 6.45) is 1.88. The zero-order valence-corrected chi connectivity index (χ0v) is 14.7. The normalized spacial score (nSPS) is 12.7. The second-order valence-electron chi connectivity index (χ2n) is 4.78. The highest BCUT2D eigenvalue weighted by molar-refractivity contribution is 7.89. The molecule has 2 aromatic rings. The number of imidazole rings is 1. The Labute approximate surface area is 139 Å². The van der Waals surface area contributed by atoms with Crippen LogP contribution in [0.4, 0.5) is 0 Å². The molecule has 0 spiro atoms. The van der Waals surface area contributed by atoms with Gasteiger partial charge in [0.2, 0.25) is 0 Å². The fraction of sp³-hybridized carbons (Fsp3) is 0.250. The summed E-state index contributed by atoms with van der Waals surface area (Å²) in [6, 6.07) is 6.65. The molecule has 23 heavy (non-hydrogen) atoms. The van der Waals surface area contributed by atoms with E-state index >= 15 is 0 Å². The average molecular weight is 379 g/mol. The van der Waals surface area contributed by atoms with Crippen molar-refractivity contribution in [2.45, 2.75) is 11.6 Å². The van der Waals surface area contributed by atoms with Crippen molar-refractivity contribution in [1.82, 2.24) is 18.0 Å². The van der Waals surface area contributed by atoms with Crippen LogP contribution >= 0.6 is 11.6 Å². The summed E-state index contributed by atoms with van der Waals surface area (Å²) in [5.41, 5.74) is 0.707. The molecule has 126 valence electrons. The van der Waals surface area contributed by atoms with E-state index in [2.05, 4.69) is 9.71 Å². The Hall–Kier alpha value is -1.46. The van der Waals surface area contributed by atoms with Crippen molar-refractivity contribution in [2.75, 3.05) is 14.1 Å². The van der Waals surface area contributed by atoms with Gasteiger partial charge < -0.3 is 0 Å². The first-order valence-corrected chi connectivity index (χ1v) is 9.60. The molecular weight excluding hydrogens is 364 g/mol. The standard InChI is InChI=1S/C12H15ClN4O4S2/c1-16(2)23(20,21)17-8-12(14-9-17)22(18,19)15-7-10-3-5-11(13)6-4-10/h3-6,8-9,15H,7H2,1-2H3. The van der Waals surface area contributed by atoms with E-state index in [1.54, 1.807) is 24.3 Å². The first kappa shape index (κ1) is 17.9. The fourth-order valence-electron chi connectivity index (χ4n) is 1.60. The molecule has 1 N–H and O–H groups in total. The summed E-state index contributed by atoms with van der Waals surface area (Å²) in [5, 5.41) is 0.168. The first-order chi connectivity index (χ1) is 10.6. The summed E-state index contributed by atoms with van der Waals surface area (Å²) in [6.45, 7) is 0.0345. The van der Waals surface area contributed by atoms with Crippen molar-refractivity contribution in [3.63, 3.8) is 0 Å². The molecule has 2 rings (SSSR count). The number of benzene rings is 1. The molecule has 0 aliphatic rings. The van der Waals surface area contributed by atoms with Gasteiger partial charge in [-0.2, -0.15) is 12.7 Å². The van der Waals surface area contributed by atoms with Gasteiger partial charge in [-0.25, -0.2) is 22.1 Å². The number of halogens is 1. The van der Waals surface area contributed by atoms with Gasteiger partial charge in [-0.05, 0) is 17.7 Å². The van der Waals surface area contributed by atoms with E-state index < -0.39 is 20.2 Å². The van der Waals surface area contributed by atoms with E-state index in [-0.39, 0.29) is 11.6 Å². The maximum atomic E-state index is 12.2. The quantitative estimate of drug-likeness (QED) is 0.796. The van der Waals surface area contributed by atoms with Crippen LogP contribution in [-0.4, -0.2) is 44.2 Å². The molecule has 0 bridgehead atoms. The van der Waals surface area contributed by atoms with Crippen molar-refractivity contribution in [3.05, 3.63) is 47.4 Å². The van der Waals surface area contributed by atoms with Crippen molar-refractivity contribution < 1.29 is 16.8 Å². The lowest BCUT2D eigenvalue weighted by Crippen LogP contribution is -2.28. The molecule has 1 aromatic carbocycles. The largest absolute Gasteiger partial charge is 0.308 e. The van der Waals surface area contributed by atoms with Gasteiger partial charge in [0.05, 0.1) is 6.20 Å². The van der Waals surface area contributed by atoms with Crippen LogP contribution in [0.3, 0.4) is 0 Å². The molecule has 0 fully saturated rings. The van der Waals surface area contributed by atoms with Gasteiger partial charge >= 0.3 is 10.2 Å². The Bertz CT molecular complexity index is 889. The SMILES string of the molecule is CN(C)S(=O)(=O)n1cnc(S(=O)(=O)NCc2ccc(Cl)cc2)c1. The lowest BCUT2D eigenvalue weighted by molar-refractivity contribution is 0.510. The summed E-state index contributed by atoms with van der Waals surface area (Å²) >= 11 is 5.76. The number of sulfonamides is 1. The van der Waals surface area contributed by atoms with E-state index in [0.29, 0.717) is 10.6 Å². The van der Waals surface area contributed by atoms with Gasteiger partial charge in [-0.3, -0.25) is 0 Å². The highest BCUT2D eigenvalue weighted by Gasteiger charge is 2.22. The Morgan fingerprint density at radius 2 is 1.78 bits per heavy atom. The van der Waals surface area contributed by atoms with E-state index in [9.17, 15) is 16.8 Å². The second-order valence-corrected chi connectivity index (χ2v) is 8.98. The first-order valence-electron chi connectivity index (χ1n) is 6.34. The van der Waals surface area contributed by atoms with Crippen molar-refractivity contribution in [1.29, 1.82) is 0 Å². The summed E-state index contributed by atoms with van der Waals surface area (Å²) < 4.78 is 52.2. The molecular formula is C12H15ClN4O4S2. The van der Waals surface area contributed by atoms with Crippen molar-refractivity contribution in [2.24, 2.45) is 0 Å². The maximum absolute atomic E-state index is 12.2. The summed E-state index contributed by atoms with van der Waals surface area (Å²) in [7, 11) is -5.07. The van der Waals surface area contributed by atoms with Crippen LogP contribution in [0.25, 0.3) is 0 Å². The number of nitrogens with one attached hydrogen (secondary N) is 1. The van der Waals surface area contributed by atoms with E-state index in [1.165, 1.54) is 14.1 Å². The minimum absolute atomic E-state index is 0.0345. The Kier molecular flexibility index (Phi) is 5.11. The third kappa shape index (κ3) is 4.09. The van der Waals surface area contributed by atoms with Crippen LogP contribution in [0.5, 0.6) is 0 Å². The Morgan fingerprint density at radius 3 is 2.35 bits per heavy atom. The fourth-order valence-corrected chi connectivity index (χ4v) is 3.51. The minimum Gasteiger partial charge on any atom is -0.223 e. The van der Waals surface area contributed by atoms with Gasteiger partial charge in [0.25, 0.3) is 10.0 Å². The molecule has 0 atom stereocenters. The smallest absolute Gasteiger partial charge is 0.223 e. The third-order valence-corrected chi connectivity index (χ3v) is 6.11. The number of rotatable bonds is 6. The number of hydrogen-bond donors (Lipinski definition) is 1. The van der Waals surface area contributed by atoms with Crippen molar-refractivity contribution >= 4 is 31.8 Å². The molecule has 0 aliphatic carbocycles. The summed E-state index contributed by atoms with van der Waals surface area (Å²) in [5.74, 6) is 0. The van der Waals surface area contributed by atoms with Crippen molar-refractivity contribution in [3.8, 4) is 0 Å². The molecule has 0 unspecified atom stereocenters. The topological polar surface area (TPSA) is 101 Å². The predicted octanol–water partition coefficient (Wildman–Crippen LogP) is 0.670. The molecule has 0 amide bonds. The molecule has 11 heteroatoms. The zero-order chi connectivity index (χ0) is 17.3. The van der Waals surface area contributed by atoms with E-state index in [0.717, 1.165) is 20.8 Å². The maximum Gasteiger partial charge on any atom is 0.308 e. The predicted molar refractivity (Wildman–Crippen MR) is 85.7 cm³/mol.